The predicted octanol–water partition coefficient (Wildman–Crippen LogP) is 3.70. The smallest absolute Gasteiger partial charge is 0.231 e. The fourth-order valence-electron chi connectivity index (χ4n) is 3.78. The molecule has 1 aromatic carbocycles. The number of aromatic nitrogens is 6. The lowest BCUT2D eigenvalue weighted by atomic mass is 9.98. The Morgan fingerprint density at radius 3 is 3.03 bits per heavy atom. The number of piperidine rings is 1. The molecule has 1 unspecified atom stereocenters. The molecule has 1 atom stereocenters. The highest BCUT2D eigenvalue weighted by Crippen LogP contribution is 2.34. The van der Waals surface area contributed by atoms with Gasteiger partial charge in [-0.2, -0.15) is 10.1 Å². The van der Waals surface area contributed by atoms with Gasteiger partial charge in [-0.3, -0.25) is 0 Å². The van der Waals surface area contributed by atoms with Crippen molar-refractivity contribution in [3.8, 4) is 11.4 Å². The van der Waals surface area contributed by atoms with E-state index in [0.717, 1.165) is 40.8 Å². The van der Waals surface area contributed by atoms with E-state index in [1.54, 1.807) is 23.1 Å². The maximum atomic E-state index is 13.5. The van der Waals surface area contributed by atoms with Gasteiger partial charge in [-0.1, -0.05) is 17.3 Å². The van der Waals surface area contributed by atoms with E-state index >= 15 is 0 Å². The Balaban J connectivity index is 1.44. The second-order valence-corrected chi connectivity index (χ2v) is 7.81. The molecule has 4 heterocycles. The molecule has 0 spiro atoms. The van der Waals surface area contributed by atoms with Crippen LogP contribution in [0.2, 0.25) is 0 Å². The van der Waals surface area contributed by atoms with E-state index in [1.807, 2.05) is 7.05 Å². The Labute approximate surface area is 173 Å². The van der Waals surface area contributed by atoms with Crippen LogP contribution in [0.5, 0.6) is 0 Å². The first-order chi connectivity index (χ1) is 14.1. The highest BCUT2D eigenvalue weighted by molar-refractivity contribution is 9.10. The lowest BCUT2D eigenvalue weighted by Gasteiger charge is -2.32. The topological polar surface area (TPSA) is 85.8 Å². The van der Waals surface area contributed by atoms with Gasteiger partial charge in [0.25, 0.3) is 0 Å². The van der Waals surface area contributed by atoms with E-state index in [9.17, 15) is 4.39 Å². The van der Waals surface area contributed by atoms with Crippen molar-refractivity contribution in [2.45, 2.75) is 18.8 Å². The molecule has 1 aliphatic rings. The SMILES string of the molecule is Cn1nc(Br)c2c(N3CCCC(c4nc(-c5cccc(F)c5)no4)C3)ncnc21. The first-order valence-corrected chi connectivity index (χ1v) is 10.1. The van der Waals surface area contributed by atoms with E-state index in [-0.39, 0.29) is 11.7 Å². The Morgan fingerprint density at radius 1 is 1.28 bits per heavy atom. The standard InChI is InChI=1S/C19H17BrFN7O/c1-27-17-14(15(20)25-27)18(23-10-22-17)28-7-3-5-12(9-28)19-24-16(26-29-19)11-4-2-6-13(21)8-11/h2,4,6,8,10,12H,3,5,7,9H2,1H3. The summed E-state index contributed by atoms with van der Waals surface area (Å²) in [6, 6.07) is 6.19. The normalized spacial score (nSPS) is 17.2. The minimum absolute atomic E-state index is 0.0685. The summed E-state index contributed by atoms with van der Waals surface area (Å²) >= 11 is 3.52. The van der Waals surface area contributed by atoms with Gasteiger partial charge in [-0.25, -0.2) is 19.0 Å². The Morgan fingerprint density at radius 2 is 2.17 bits per heavy atom. The van der Waals surface area contributed by atoms with Gasteiger partial charge in [0.1, 0.15) is 22.6 Å². The first kappa shape index (κ1) is 18.2. The summed E-state index contributed by atoms with van der Waals surface area (Å²) < 4.78 is 21.5. The van der Waals surface area contributed by atoms with Crippen molar-refractivity contribution < 1.29 is 8.91 Å². The average Bonchev–Trinajstić information content (AvgIpc) is 3.34. The highest BCUT2D eigenvalue weighted by Gasteiger charge is 2.29. The second-order valence-electron chi connectivity index (χ2n) is 7.06. The summed E-state index contributed by atoms with van der Waals surface area (Å²) in [6.07, 6.45) is 3.46. The maximum Gasteiger partial charge on any atom is 0.231 e. The summed E-state index contributed by atoms with van der Waals surface area (Å²) in [5.41, 5.74) is 1.37. The minimum atomic E-state index is -0.326. The van der Waals surface area contributed by atoms with Gasteiger partial charge in [-0.05, 0) is 40.9 Å². The van der Waals surface area contributed by atoms with E-state index in [0.29, 0.717) is 23.8 Å². The molecule has 1 aliphatic heterocycles. The number of anilines is 1. The molecule has 148 valence electrons. The van der Waals surface area contributed by atoms with E-state index in [2.05, 4.69) is 46.0 Å². The van der Waals surface area contributed by atoms with Gasteiger partial charge >= 0.3 is 0 Å². The van der Waals surface area contributed by atoms with E-state index < -0.39 is 0 Å². The molecule has 0 bridgehead atoms. The first-order valence-electron chi connectivity index (χ1n) is 9.28. The van der Waals surface area contributed by atoms with Gasteiger partial charge < -0.3 is 9.42 Å². The third-order valence-electron chi connectivity index (χ3n) is 5.15. The molecule has 0 N–H and O–H groups in total. The van der Waals surface area contributed by atoms with Gasteiger partial charge in [-0.15, -0.1) is 0 Å². The van der Waals surface area contributed by atoms with Crippen LogP contribution in [-0.4, -0.2) is 43.0 Å². The van der Waals surface area contributed by atoms with Crippen molar-refractivity contribution in [2.24, 2.45) is 7.05 Å². The molecule has 4 aromatic rings. The number of aryl methyl sites for hydroxylation is 1. The molecule has 0 aliphatic carbocycles. The summed E-state index contributed by atoms with van der Waals surface area (Å²) in [5, 5.41) is 9.34. The number of hydrogen-bond donors (Lipinski definition) is 0. The summed E-state index contributed by atoms with van der Waals surface area (Å²) in [4.78, 5) is 15.6. The van der Waals surface area contributed by atoms with Crippen molar-refractivity contribution >= 4 is 32.8 Å². The monoisotopic (exact) mass is 457 g/mol. The van der Waals surface area contributed by atoms with E-state index in [4.69, 9.17) is 4.52 Å². The molecule has 0 amide bonds. The van der Waals surface area contributed by atoms with Gasteiger partial charge in [0.05, 0.1) is 11.3 Å². The molecule has 29 heavy (non-hydrogen) atoms. The minimum Gasteiger partial charge on any atom is -0.355 e. The molecule has 5 rings (SSSR count). The van der Waals surface area contributed by atoms with Crippen molar-refractivity contribution in [3.05, 3.63) is 46.9 Å². The predicted molar refractivity (Wildman–Crippen MR) is 108 cm³/mol. The van der Waals surface area contributed by atoms with Crippen molar-refractivity contribution in [1.29, 1.82) is 0 Å². The molecule has 3 aromatic heterocycles. The molecule has 1 fully saturated rings. The molecule has 10 heteroatoms. The van der Waals surface area contributed by atoms with Crippen LogP contribution in [-0.2, 0) is 7.05 Å². The van der Waals surface area contributed by atoms with Gasteiger partial charge in [0.2, 0.25) is 11.7 Å². The lowest BCUT2D eigenvalue weighted by Crippen LogP contribution is -2.35. The molecule has 1 saturated heterocycles. The van der Waals surface area contributed by atoms with Gasteiger partial charge in [0, 0.05) is 25.7 Å². The van der Waals surface area contributed by atoms with Gasteiger partial charge in [0.15, 0.2) is 5.65 Å². The van der Waals surface area contributed by atoms with Crippen LogP contribution < -0.4 is 4.90 Å². The van der Waals surface area contributed by atoms with E-state index in [1.165, 1.54) is 12.1 Å². The maximum absolute atomic E-state index is 13.5. The average molecular weight is 458 g/mol. The third kappa shape index (κ3) is 3.27. The number of nitrogens with zero attached hydrogens (tertiary/aromatic N) is 7. The zero-order valence-electron chi connectivity index (χ0n) is 15.6. The largest absolute Gasteiger partial charge is 0.355 e. The summed E-state index contributed by atoms with van der Waals surface area (Å²) in [7, 11) is 1.86. The van der Waals surface area contributed by atoms with Crippen LogP contribution in [0.4, 0.5) is 10.2 Å². The van der Waals surface area contributed by atoms with Crippen LogP contribution in [0, 0.1) is 5.82 Å². The quantitative estimate of drug-likeness (QED) is 0.463. The van der Waals surface area contributed by atoms with Crippen LogP contribution >= 0.6 is 15.9 Å². The van der Waals surface area contributed by atoms with Crippen LogP contribution in [0.25, 0.3) is 22.4 Å². The summed E-state index contributed by atoms with van der Waals surface area (Å²) in [5.74, 6) is 1.54. The van der Waals surface area contributed by atoms with Crippen molar-refractivity contribution in [3.63, 3.8) is 0 Å². The molecule has 0 saturated carbocycles. The number of halogens is 2. The number of rotatable bonds is 3. The Hall–Kier alpha value is -2.88. The molecule has 0 radical (unpaired) electrons. The number of hydrogen-bond acceptors (Lipinski definition) is 7. The van der Waals surface area contributed by atoms with Crippen LogP contribution in [0.15, 0.2) is 39.7 Å². The Bertz CT molecular complexity index is 1190. The fraction of sp³-hybridized carbons (Fsp3) is 0.316. The van der Waals surface area contributed by atoms with Crippen LogP contribution in [0.3, 0.4) is 0 Å². The number of fused-ring (bicyclic) bond motifs is 1. The summed E-state index contributed by atoms with van der Waals surface area (Å²) in [6.45, 7) is 1.56. The second kappa shape index (κ2) is 7.18. The zero-order chi connectivity index (χ0) is 20.0. The Kier molecular flexibility index (Phi) is 4.50. The van der Waals surface area contributed by atoms with Crippen molar-refractivity contribution in [2.75, 3.05) is 18.0 Å². The molecular formula is C19H17BrFN7O. The van der Waals surface area contributed by atoms with Crippen LogP contribution in [0.1, 0.15) is 24.7 Å². The lowest BCUT2D eigenvalue weighted by molar-refractivity contribution is 0.333. The zero-order valence-corrected chi connectivity index (χ0v) is 17.2. The highest BCUT2D eigenvalue weighted by atomic mass is 79.9. The third-order valence-corrected chi connectivity index (χ3v) is 5.71. The molecular weight excluding hydrogens is 441 g/mol. The fourth-order valence-corrected chi connectivity index (χ4v) is 4.38. The number of benzene rings is 1. The molecule has 8 nitrogen and oxygen atoms in total. The van der Waals surface area contributed by atoms with Crippen molar-refractivity contribution in [1.82, 2.24) is 29.9 Å².